The van der Waals surface area contributed by atoms with E-state index in [2.05, 4.69) is 86.7 Å². The molecule has 0 saturated carbocycles. The molecule has 0 spiro atoms. The van der Waals surface area contributed by atoms with Crippen LogP contribution in [0.15, 0.2) is 52.3 Å². The number of aromatic nitrogens is 2. The zero-order valence-corrected chi connectivity index (χ0v) is 35.4. The zero-order chi connectivity index (χ0) is 39.1. The third-order valence-electron chi connectivity index (χ3n) is 10.1. The van der Waals surface area contributed by atoms with E-state index in [1.807, 2.05) is 26.0 Å². The first-order chi connectivity index (χ1) is 25.2. The van der Waals surface area contributed by atoms with Gasteiger partial charge in [0, 0.05) is 39.7 Å². The van der Waals surface area contributed by atoms with Crippen LogP contribution in [0.4, 0.5) is 10.8 Å². The maximum absolute atomic E-state index is 9.61. The fourth-order valence-electron chi connectivity index (χ4n) is 7.24. The molecule has 2 unspecified atom stereocenters. The van der Waals surface area contributed by atoms with E-state index in [-0.39, 0.29) is 11.3 Å². The number of nitriles is 1. The maximum Gasteiger partial charge on any atom is 0.169 e. The summed E-state index contributed by atoms with van der Waals surface area (Å²) < 4.78 is 15.5. The summed E-state index contributed by atoms with van der Waals surface area (Å²) in [6, 6.07) is 6.46. The molecule has 290 valence electrons. The van der Waals surface area contributed by atoms with Gasteiger partial charge in [-0.2, -0.15) is 9.64 Å². The molecule has 0 saturated heterocycles. The second-order valence-corrected chi connectivity index (χ2v) is 17.4. The third kappa shape index (κ3) is 12.4. The number of nitrogens with one attached hydrogen (secondary N) is 1. The highest BCUT2D eigenvalue weighted by molar-refractivity contribution is 7.16. The predicted molar refractivity (Wildman–Crippen MR) is 227 cm³/mol. The van der Waals surface area contributed by atoms with Gasteiger partial charge in [-0.05, 0) is 98.5 Å². The fourth-order valence-corrected chi connectivity index (χ4v) is 9.40. The number of allylic oxidation sites excluding steroid dienone is 4. The molecule has 3 atom stereocenters. The second kappa shape index (κ2) is 21.3. The minimum absolute atomic E-state index is 0.0356. The molecule has 4 rings (SSSR count). The number of ether oxygens (including phenoxy) is 1. The molecule has 1 aliphatic carbocycles. The van der Waals surface area contributed by atoms with Crippen molar-refractivity contribution in [2.75, 3.05) is 24.7 Å². The number of hydrogen-bond acceptors (Lipinski definition) is 10. The normalized spacial score (nSPS) is 16.9. The van der Waals surface area contributed by atoms with Crippen molar-refractivity contribution in [2.24, 2.45) is 22.7 Å². The lowest BCUT2D eigenvalue weighted by atomic mass is 9.71. The van der Waals surface area contributed by atoms with Crippen molar-refractivity contribution in [3.63, 3.8) is 0 Å². The van der Waals surface area contributed by atoms with Gasteiger partial charge >= 0.3 is 0 Å². The SMILES string of the molecule is C=C(C)N=C/C=C(\C)c1cc([C@@]2(C)CCCc3sc(N)c(C#N)c32)sn1.C=C(OC)C(c1cc(NCCCCC(CCCC)CC(C)C)no1)C(C)C. The van der Waals surface area contributed by atoms with E-state index in [1.165, 1.54) is 66.2 Å². The molecule has 0 aromatic carbocycles. The van der Waals surface area contributed by atoms with Crippen molar-refractivity contribution in [1.29, 1.82) is 5.26 Å². The van der Waals surface area contributed by atoms with Gasteiger partial charge in [0.25, 0.3) is 0 Å². The standard InChI is InChI=1S/C23H42N2O2.C20H22N4S2/c1-8-9-12-20(15-17(2)3)13-10-11-14-24-22-16-21(27-25-22)23(18(4)5)19(6)26-7;1-12(2)23-9-7-13(3)15-10-17(26-24-15)20(4)8-5-6-16-18(20)14(11-21)19(22)25-16/h16-18,20,23H,6,8-15H2,1-5,7H3,(H,24,25);7,9-10H,1,5-6,8,22H2,2-4H3/b;13-7+,23-9?/t;20-/m.1/s1. The van der Waals surface area contributed by atoms with Crippen LogP contribution in [0.5, 0.6) is 0 Å². The molecular formula is C43H64N6O2S2. The molecule has 8 nitrogen and oxygen atoms in total. The Morgan fingerprint density at radius 2 is 1.92 bits per heavy atom. The number of aryl methyl sites for hydroxylation is 1. The lowest BCUT2D eigenvalue weighted by Crippen LogP contribution is -2.27. The van der Waals surface area contributed by atoms with E-state index in [0.29, 0.717) is 16.5 Å². The van der Waals surface area contributed by atoms with Gasteiger partial charge < -0.3 is 20.3 Å². The Bertz CT molecular complexity index is 1720. The van der Waals surface area contributed by atoms with Crippen LogP contribution in [0.1, 0.15) is 151 Å². The van der Waals surface area contributed by atoms with E-state index in [4.69, 9.17) is 15.0 Å². The zero-order valence-electron chi connectivity index (χ0n) is 33.8. The molecule has 3 heterocycles. The first-order valence-corrected chi connectivity index (χ1v) is 20.9. The van der Waals surface area contributed by atoms with E-state index < -0.39 is 0 Å². The quantitative estimate of drug-likeness (QED) is 0.0708. The van der Waals surface area contributed by atoms with Crippen molar-refractivity contribution in [2.45, 2.75) is 131 Å². The molecule has 0 radical (unpaired) electrons. The van der Waals surface area contributed by atoms with Gasteiger partial charge in [-0.1, -0.05) is 92.0 Å². The molecule has 3 N–H and O–H groups in total. The average molecular weight is 761 g/mol. The summed E-state index contributed by atoms with van der Waals surface area (Å²) in [5.41, 5.74) is 10.5. The Kier molecular flexibility index (Phi) is 17.5. The van der Waals surface area contributed by atoms with Crippen molar-refractivity contribution in [1.82, 2.24) is 9.53 Å². The van der Waals surface area contributed by atoms with Gasteiger partial charge in [0.2, 0.25) is 0 Å². The number of methoxy groups -OCH3 is 1. The summed E-state index contributed by atoms with van der Waals surface area (Å²) in [5.74, 6) is 4.41. The van der Waals surface area contributed by atoms with Gasteiger partial charge in [0.15, 0.2) is 5.82 Å². The lowest BCUT2D eigenvalue weighted by Gasteiger charge is -2.33. The van der Waals surface area contributed by atoms with Gasteiger partial charge in [-0.3, -0.25) is 4.99 Å². The Hall–Kier alpha value is -3.68. The largest absolute Gasteiger partial charge is 0.501 e. The number of fused-ring (bicyclic) bond motifs is 1. The van der Waals surface area contributed by atoms with Crippen LogP contribution >= 0.6 is 22.9 Å². The number of rotatable bonds is 19. The van der Waals surface area contributed by atoms with Gasteiger partial charge in [0.1, 0.15) is 16.8 Å². The number of thiophene rings is 1. The van der Waals surface area contributed by atoms with Crippen molar-refractivity contribution in [3.8, 4) is 6.07 Å². The number of anilines is 2. The molecule has 0 bridgehead atoms. The number of unbranched alkanes of at least 4 members (excludes halogenated alkanes) is 2. The summed E-state index contributed by atoms with van der Waals surface area (Å²) in [4.78, 5) is 6.63. The molecule has 53 heavy (non-hydrogen) atoms. The smallest absolute Gasteiger partial charge is 0.169 e. The maximum atomic E-state index is 9.61. The van der Waals surface area contributed by atoms with Gasteiger partial charge in [-0.25, -0.2) is 0 Å². The fraction of sp³-hybridized carbons (Fsp3) is 0.581. The van der Waals surface area contributed by atoms with E-state index in [0.717, 1.165) is 77.5 Å². The van der Waals surface area contributed by atoms with E-state index >= 15 is 0 Å². The Balaban J connectivity index is 0.000000285. The molecule has 10 heteroatoms. The minimum atomic E-state index is -0.200. The highest BCUT2D eigenvalue weighted by Gasteiger charge is 2.40. The molecule has 1 aliphatic rings. The molecule has 0 fully saturated rings. The average Bonchev–Trinajstić information content (AvgIpc) is 3.86. The summed E-state index contributed by atoms with van der Waals surface area (Å²) in [5, 5.41) is 17.8. The first kappa shape index (κ1) is 43.7. The molecular weight excluding hydrogens is 697 g/mol. The van der Waals surface area contributed by atoms with Crippen LogP contribution in [0, 0.1) is 29.1 Å². The van der Waals surface area contributed by atoms with Crippen LogP contribution in [0.3, 0.4) is 0 Å². The van der Waals surface area contributed by atoms with Crippen molar-refractivity contribution < 1.29 is 9.26 Å². The summed E-state index contributed by atoms with van der Waals surface area (Å²) in [6.45, 7) is 26.0. The molecule has 3 aromatic heterocycles. The van der Waals surface area contributed by atoms with E-state index in [9.17, 15) is 5.26 Å². The highest BCUT2D eigenvalue weighted by Crippen LogP contribution is 2.50. The number of aliphatic imine (C=N–C) groups is 1. The van der Waals surface area contributed by atoms with Crippen LogP contribution in [0.2, 0.25) is 0 Å². The van der Waals surface area contributed by atoms with E-state index in [1.54, 1.807) is 24.7 Å². The lowest BCUT2D eigenvalue weighted by molar-refractivity contribution is 0.227. The third-order valence-corrected chi connectivity index (χ3v) is 12.2. The number of nitrogens with zero attached hydrogens (tertiary/aromatic N) is 4. The Labute approximate surface area is 327 Å². The van der Waals surface area contributed by atoms with Crippen LogP contribution in [-0.2, 0) is 16.6 Å². The number of nitrogen functional groups attached to an aromatic ring is 1. The highest BCUT2D eigenvalue weighted by atomic mass is 32.1. The Morgan fingerprint density at radius 1 is 1.19 bits per heavy atom. The summed E-state index contributed by atoms with van der Waals surface area (Å²) in [7, 11) is 1.65. The van der Waals surface area contributed by atoms with Gasteiger partial charge in [0.05, 0.1) is 30.0 Å². The minimum Gasteiger partial charge on any atom is -0.501 e. The first-order valence-electron chi connectivity index (χ1n) is 19.3. The van der Waals surface area contributed by atoms with Crippen LogP contribution < -0.4 is 11.1 Å². The van der Waals surface area contributed by atoms with Crippen LogP contribution in [-0.4, -0.2) is 29.4 Å². The topological polar surface area (TPSA) is 122 Å². The molecule has 0 amide bonds. The Morgan fingerprint density at radius 3 is 2.57 bits per heavy atom. The number of hydrogen-bond donors (Lipinski definition) is 2. The monoisotopic (exact) mass is 760 g/mol. The van der Waals surface area contributed by atoms with Gasteiger partial charge in [-0.15, -0.1) is 11.3 Å². The summed E-state index contributed by atoms with van der Waals surface area (Å²) in [6.07, 6.45) is 16.0. The predicted octanol–water partition coefficient (Wildman–Crippen LogP) is 12.3. The summed E-state index contributed by atoms with van der Waals surface area (Å²) >= 11 is 3.08. The van der Waals surface area contributed by atoms with Crippen molar-refractivity contribution >= 4 is 45.5 Å². The molecule has 3 aromatic rings. The molecule has 0 aliphatic heterocycles. The van der Waals surface area contributed by atoms with Crippen LogP contribution in [0.25, 0.3) is 5.57 Å². The second-order valence-electron chi connectivity index (χ2n) is 15.4. The van der Waals surface area contributed by atoms with Crippen molar-refractivity contribution in [3.05, 3.63) is 75.2 Å². The number of nitrogens with two attached hydrogens (primary N) is 1.